The van der Waals surface area contributed by atoms with Gasteiger partial charge in [0.2, 0.25) is 0 Å². The molecule has 9 aromatic rings. The number of aromatic nitrogens is 4. The molecule has 0 fully saturated rings. The average Bonchev–Trinajstić information content (AvgIpc) is 4.27. The van der Waals surface area contributed by atoms with Crippen molar-refractivity contribution in [1.82, 2.24) is 19.8 Å². The standard InChI is InChI=1S/C64H61Cl2N5O2S/c1-5-9-33-63(34-10-6-2)52-19-15-13-17-47(52)49-29-26-44(38-54(49)63)70(45-27-30-50-48-18-14-16-20-53(48)64(35-11-7-3,36-12-8-4)55(50)39-45)43-24-21-41(22-25-43)58-32-28-46(74-58)40-51-59(62(72)73)69-71-60(67-68-61(51)71)42-23-31-56(65)57(66)37-42/h13-32,37-40H,5-12,33-36H2,1-4H3,(H,72,73)/b51-40-. The van der Waals surface area contributed by atoms with Gasteiger partial charge in [0.15, 0.2) is 17.2 Å². The third-order valence-corrected chi connectivity index (χ3v) is 17.7. The molecule has 0 spiro atoms. The molecule has 0 bridgehead atoms. The van der Waals surface area contributed by atoms with Crippen LogP contribution in [0.2, 0.25) is 10.0 Å². The summed E-state index contributed by atoms with van der Waals surface area (Å²) in [6.45, 7) is 9.28. The van der Waals surface area contributed by atoms with Crippen LogP contribution in [-0.4, -0.2) is 30.9 Å². The lowest BCUT2D eigenvalue weighted by Crippen LogP contribution is -2.26. The average molecular weight is 1040 g/mol. The number of benzene rings is 6. The summed E-state index contributed by atoms with van der Waals surface area (Å²) in [6.07, 6.45) is 15.7. The molecule has 3 heterocycles. The Kier molecular flexibility index (Phi) is 13.8. The number of unbranched alkanes of at least 4 members (excludes halogenated alkanes) is 4. The van der Waals surface area contributed by atoms with Crippen LogP contribution in [0.4, 0.5) is 17.1 Å². The summed E-state index contributed by atoms with van der Waals surface area (Å²) in [4.78, 5) is 17.0. The first-order valence-corrected chi connectivity index (χ1v) is 28.1. The van der Waals surface area contributed by atoms with Crippen LogP contribution >= 0.6 is 34.5 Å². The van der Waals surface area contributed by atoms with Crippen LogP contribution in [0, 0.1) is 0 Å². The summed E-state index contributed by atoms with van der Waals surface area (Å²) in [5.41, 5.74) is 16.6. The van der Waals surface area contributed by atoms with Crippen LogP contribution in [0.25, 0.3) is 55.8 Å². The summed E-state index contributed by atoms with van der Waals surface area (Å²) in [6, 6.07) is 51.2. The quantitative estimate of drug-likeness (QED) is 0.0869. The molecule has 0 aliphatic heterocycles. The second kappa shape index (κ2) is 20.6. The number of anilines is 3. The van der Waals surface area contributed by atoms with Gasteiger partial charge in [-0.05, 0) is 149 Å². The van der Waals surface area contributed by atoms with E-state index in [4.69, 9.17) is 23.2 Å². The maximum atomic E-state index is 12.6. The van der Waals surface area contributed by atoms with Crippen molar-refractivity contribution in [3.05, 3.63) is 188 Å². The molecule has 74 heavy (non-hydrogen) atoms. The van der Waals surface area contributed by atoms with Gasteiger partial charge in [-0.25, -0.2) is 4.79 Å². The molecule has 7 nitrogen and oxygen atoms in total. The molecule has 3 aromatic heterocycles. The Labute approximate surface area is 448 Å². The monoisotopic (exact) mass is 1030 g/mol. The number of halogens is 2. The van der Waals surface area contributed by atoms with Gasteiger partial charge in [-0.1, -0.05) is 175 Å². The largest absolute Gasteiger partial charge is 0.476 e. The second-order valence-electron chi connectivity index (χ2n) is 20.3. The van der Waals surface area contributed by atoms with Crippen LogP contribution in [0.15, 0.2) is 140 Å². The highest BCUT2D eigenvalue weighted by molar-refractivity contribution is 7.16. The number of nitrogens with zero attached hydrogens (tertiary/aromatic N) is 5. The van der Waals surface area contributed by atoms with Crippen molar-refractivity contribution in [2.24, 2.45) is 0 Å². The summed E-state index contributed by atoms with van der Waals surface area (Å²) in [7, 11) is 0. The lowest BCUT2D eigenvalue weighted by Gasteiger charge is -2.35. The van der Waals surface area contributed by atoms with Crippen molar-refractivity contribution < 1.29 is 9.90 Å². The van der Waals surface area contributed by atoms with Gasteiger partial charge in [0.05, 0.1) is 15.3 Å². The molecule has 0 atom stereocenters. The predicted octanol–water partition coefficient (Wildman–Crippen LogP) is 17.8. The molecule has 0 unspecified atom stereocenters. The van der Waals surface area contributed by atoms with Crippen molar-refractivity contribution in [2.75, 3.05) is 4.90 Å². The Bertz CT molecular complexity index is 3480. The van der Waals surface area contributed by atoms with Crippen molar-refractivity contribution in [2.45, 2.75) is 116 Å². The second-order valence-corrected chi connectivity index (χ2v) is 22.2. The van der Waals surface area contributed by atoms with E-state index in [1.165, 1.54) is 74.7 Å². The number of aromatic carboxylic acids is 1. The normalized spacial score (nSPS) is 14.1. The SMILES string of the molecule is CCCCC1(CCCC)c2ccccc2-c2ccc(N(c3ccc(-c4ccc(/C=c5/c(C(=O)O)nn6c(-c7ccc(Cl)c(Cl)c7)nnc56)s4)cc3)c3ccc4c(c3)C(CCCC)(CCCC)c3ccccc3-4)cc21. The highest BCUT2D eigenvalue weighted by atomic mass is 35.5. The summed E-state index contributed by atoms with van der Waals surface area (Å²) < 4.78 is 1.46. The van der Waals surface area contributed by atoms with Crippen LogP contribution in [0.1, 0.15) is 142 Å². The van der Waals surface area contributed by atoms with Crippen LogP contribution in [0.5, 0.6) is 0 Å². The van der Waals surface area contributed by atoms with Crippen molar-refractivity contribution >= 4 is 69.3 Å². The number of carboxylic acids is 1. The smallest absolute Gasteiger partial charge is 0.357 e. The van der Waals surface area contributed by atoms with E-state index in [9.17, 15) is 9.90 Å². The number of rotatable bonds is 19. The Morgan fingerprint density at radius 1 is 0.581 bits per heavy atom. The highest BCUT2D eigenvalue weighted by Crippen LogP contribution is 2.58. The van der Waals surface area contributed by atoms with E-state index in [-0.39, 0.29) is 16.5 Å². The van der Waals surface area contributed by atoms with Gasteiger partial charge in [-0.3, -0.25) is 0 Å². The third-order valence-electron chi connectivity index (χ3n) is 15.9. The molecule has 2 aliphatic carbocycles. The van der Waals surface area contributed by atoms with E-state index in [0.29, 0.717) is 32.3 Å². The van der Waals surface area contributed by atoms with E-state index in [1.807, 2.05) is 12.1 Å². The van der Waals surface area contributed by atoms with Gasteiger partial charge in [0.1, 0.15) is 0 Å². The first kappa shape index (κ1) is 49.6. The van der Waals surface area contributed by atoms with Crippen molar-refractivity contribution in [3.63, 3.8) is 0 Å². The van der Waals surface area contributed by atoms with E-state index in [2.05, 4.69) is 163 Å². The Balaban J connectivity index is 1.02. The van der Waals surface area contributed by atoms with Gasteiger partial charge >= 0.3 is 5.97 Å². The fourth-order valence-electron chi connectivity index (χ4n) is 12.3. The summed E-state index contributed by atoms with van der Waals surface area (Å²) in [5.74, 6) is -0.781. The fraction of sp³-hybridized carbons (Fsp3) is 0.281. The molecule has 6 aromatic carbocycles. The molecule has 0 radical (unpaired) electrons. The molecule has 2 aliphatic rings. The minimum atomic E-state index is -1.15. The topological polar surface area (TPSA) is 83.6 Å². The fourth-order valence-corrected chi connectivity index (χ4v) is 13.5. The van der Waals surface area contributed by atoms with Gasteiger partial charge in [0, 0.05) is 43.2 Å². The molecule has 11 rings (SSSR count). The van der Waals surface area contributed by atoms with Crippen LogP contribution in [-0.2, 0) is 10.8 Å². The van der Waals surface area contributed by atoms with Crippen molar-refractivity contribution in [3.8, 4) is 44.1 Å². The molecular weight excluding hydrogens is 974 g/mol. The Morgan fingerprint density at radius 2 is 1.09 bits per heavy atom. The molecule has 374 valence electrons. The number of hydrogen-bond acceptors (Lipinski definition) is 6. The highest BCUT2D eigenvalue weighted by Gasteiger charge is 2.44. The molecular formula is C64H61Cl2N5O2S. The van der Waals surface area contributed by atoms with E-state index >= 15 is 0 Å². The molecule has 0 amide bonds. The van der Waals surface area contributed by atoms with Gasteiger partial charge in [0.25, 0.3) is 0 Å². The molecule has 0 saturated heterocycles. The van der Waals surface area contributed by atoms with Gasteiger partial charge < -0.3 is 10.0 Å². The van der Waals surface area contributed by atoms with E-state index < -0.39 is 5.97 Å². The molecule has 10 heteroatoms. The first-order valence-electron chi connectivity index (χ1n) is 26.6. The summed E-state index contributed by atoms with van der Waals surface area (Å²) >= 11 is 14.1. The number of carboxylic acid groups (broad SMARTS) is 1. The maximum absolute atomic E-state index is 12.6. The first-order chi connectivity index (χ1) is 36.1. The number of hydrogen-bond donors (Lipinski definition) is 1. The number of thiophene rings is 1. The zero-order valence-electron chi connectivity index (χ0n) is 42.6. The minimum absolute atomic E-state index is 0.0523. The molecule has 0 saturated carbocycles. The lowest BCUT2D eigenvalue weighted by molar-refractivity contribution is 0.0689. The minimum Gasteiger partial charge on any atom is -0.476 e. The Morgan fingerprint density at radius 3 is 1.62 bits per heavy atom. The lowest BCUT2D eigenvalue weighted by atomic mass is 9.70. The zero-order valence-corrected chi connectivity index (χ0v) is 44.9. The molecule has 1 N–H and O–H groups in total. The third kappa shape index (κ3) is 8.53. The number of carbonyl (C=O) groups is 1. The Hall–Kier alpha value is -6.58. The van der Waals surface area contributed by atoms with Crippen LogP contribution < -0.4 is 10.1 Å². The van der Waals surface area contributed by atoms with Crippen molar-refractivity contribution in [1.29, 1.82) is 0 Å². The van der Waals surface area contributed by atoms with E-state index in [1.54, 1.807) is 29.5 Å². The van der Waals surface area contributed by atoms with Crippen LogP contribution in [0.3, 0.4) is 0 Å². The van der Waals surface area contributed by atoms with Gasteiger partial charge in [-0.15, -0.1) is 21.5 Å². The van der Waals surface area contributed by atoms with E-state index in [0.717, 1.165) is 83.7 Å². The van der Waals surface area contributed by atoms with Gasteiger partial charge in [-0.2, -0.15) is 9.61 Å². The summed E-state index contributed by atoms with van der Waals surface area (Å²) in [5, 5.41) is 24.7. The predicted molar refractivity (Wildman–Crippen MR) is 307 cm³/mol. The zero-order chi connectivity index (χ0) is 51.1. The maximum Gasteiger partial charge on any atom is 0.357 e. The number of fused-ring (bicyclic) bond motifs is 7.